The number of fused-ring (bicyclic) bond motifs is 1. The zero-order chi connectivity index (χ0) is 50.0. The number of β-amino-alcohol motifs (C(OH)–C–C–N with tert-alkyl or cyclic N) is 1. The third-order valence-corrected chi connectivity index (χ3v) is 15.3. The highest BCUT2D eigenvalue weighted by Gasteiger charge is 2.64. The van der Waals surface area contributed by atoms with Gasteiger partial charge in [0.2, 0.25) is 17.7 Å². The average molecular weight is 979 g/mol. The van der Waals surface area contributed by atoms with Gasteiger partial charge in [-0.25, -0.2) is 4.98 Å². The molecule has 4 N–H and O–H groups in total. The lowest BCUT2D eigenvalue weighted by molar-refractivity contribution is -0.164. The molecule has 2 aliphatic heterocycles. The van der Waals surface area contributed by atoms with Gasteiger partial charge in [-0.05, 0) is 72.2 Å². The molecule has 69 heavy (non-hydrogen) atoms. The fourth-order valence-corrected chi connectivity index (χ4v) is 11.5. The Hall–Kier alpha value is -5.82. The highest BCUT2D eigenvalue weighted by molar-refractivity contribution is 7.13. The van der Waals surface area contributed by atoms with Crippen molar-refractivity contribution in [1.82, 2.24) is 30.7 Å². The van der Waals surface area contributed by atoms with Crippen molar-refractivity contribution in [3.63, 3.8) is 0 Å². The molecule has 1 aromatic heterocycles. The molecule has 7 rings (SSSR count). The van der Waals surface area contributed by atoms with Crippen molar-refractivity contribution in [3.8, 4) is 22.3 Å². The van der Waals surface area contributed by atoms with Crippen LogP contribution in [0.5, 0.6) is 5.75 Å². The number of hydrogen-bond acceptors (Lipinski definition) is 10. The first kappa shape index (κ1) is 51.0. The summed E-state index contributed by atoms with van der Waals surface area (Å²) in [6.07, 6.45) is 2.07. The molecule has 4 aromatic rings. The minimum absolute atomic E-state index is 0.00210. The third kappa shape index (κ3) is 11.1. The fourth-order valence-electron chi connectivity index (χ4n) is 10.5. The molecule has 14 nitrogen and oxygen atoms in total. The Labute approximate surface area is 414 Å². The summed E-state index contributed by atoms with van der Waals surface area (Å²) in [7, 11) is 0. The number of aromatic nitrogens is 1. The molecule has 1 saturated heterocycles. The van der Waals surface area contributed by atoms with E-state index in [1.54, 1.807) is 52.6 Å². The number of rotatable bonds is 17. The van der Waals surface area contributed by atoms with E-state index in [0.717, 1.165) is 46.5 Å². The van der Waals surface area contributed by atoms with Gasteiger partial charge in [-0.2, -0.15) is 5.26 Å². The maximum absolute atomic E-state index is 14.1. The summed E-state index contributed by atoms with van der Waals surface area (Å²) in [5.41, 5.74) is 5.44. The molecule has 0 spiro atoms. The molecule has 5 amide bonds. The molecule has 1 aliphatic carbocycles. The van der Waals surface area contributed by atoms with Crippen LogP contribution in [-0.2, 0) is 27.5 Å². The molecular weight excluding hydrogens is 914 g/mol. The summed E-state index contributed by atoms with van der Waals surface area (Å²) in [6.45, 7) is 17.0. The average Bonchev–Trinajstić information content (AvgIpc) is 4.01. The van der Waals surface area contributed by atoms with Crippen molar-refractivity contribution in [1.29, 1.82) is 5.26 Å². The van der Waals surface area contributed by atoms with Crippen LogP contribution in [0.4, 0.5) is 0 Å². The van der Waals surface area contributed by atoms with Gasteiger partial charge in [0, 0.05) is 73.1 Å². The molecule has 16 heteroatoms. The number of carbonyl (C=O) groups is 5. The summed E-state index contributed by atoms with van der Waals surface area (Å²) in [6, 6.07) is 18.2. The Morgan fingerprint density at radius 3 is 2.36 bits per heavy atom. The SMILES string of the molecule is Cc1ncsc1-c1ccc(CNC(=O)[C@@H]2C[C@@H](O)CN2C(=O)[C@@H](NC(=O)CCCCCCN2Cc3cc(C(=O)NC4C(C)(C)C(Oc5ccc(C#N)c(Cl)c5)C4(C)C)ccc3C2=O)C(C)(C)C)cc1. The number of amides is 5. The smallest absolute Gasteiger partial charge is 0.254 e. The van der Waals surface area contributed by atoms with Crippen LogP contribution in [0.25, 0.3) is 10.4 Å². The van der Waals surface area contributed by atoms with Crippen molar-refractivity contribution in [2.45, 2.75) is 137 Å². The maximum atomic E-state index is 14.1. The van der Waals surface area contributed by atoms with Gasteiger partial charge in [-0.1, -0.05) is 97.2 Å². The van der Waals surface area contributed by atoms with Crippen molar-refractivity contribution in [2.75, 3.05) is 13.1 Å². The van der Waals surface area contributed by atoms with Gasteiger partial charge in [0.1, 0.15) is 30.0 Å². The van der Waals surface area contributed by atoms with Gasteiger partial charge in [0.15, 0.2) is 0 Å². The first-order valence-corrected chi connectivity index (χ1v) is 25.0. The lowest BCUT2D eigenvalue weighted by atomic mass is 9.49. The lowest BCUT2D eigenvalue weighted by Gasteiger charge is -2.63. The number of nitriles is 1. The lowest BCUT2D eigenvalue weighted by Crippen LogP contribution is -2.74. The second-order valence-electron chi connectivity index (χ2n) is 21.0. The second kappa shape index (κ2) is 20.6. The second-order valence-corrected chi connectivity index (χ2v) is 22.3. The van der Waals surface area contributed by atoms with Crippen molar-refractivity contribution in [2.24, 2.45) is 16.2 Å². The highest BCUT2D eigenvalue weighted by atomic mass is 35.5. The van der Waals surface area contributed by atoms with Crippen LogP contribution in [0.2, 0.25) is 5.02 Å². The number of likely N-dealkylation sites (tertiary alicyclic amines) is 1. The topological polar surface area (TPSA) is 194 Å². The maximum Gasteiger partial charge on any atom is 0.254 e. The molecular formula is C53H64ClN7O7S. The van der Waals surface area contributed by atoms with Gasteiger partial charge in [0.25, 0.3) is 11.8 Å². The third-order valence-electron chi connectivity index (χ3n) is 14.0. The normalized spacial score (nSPS) is 20.6. The zero-order valence-electron chi connectivity index (χ0n) is 40.8. The molecule has 2 fully saturated rings. The van der Waals surface area contributed by atoms with Gasteiger partial charge in [-0.15, -0.1) is 11.3 Å². The number of unbranched alkanes of at least 4 members (excludes halogenated alkanes) is 3. The zero-order valence-corrected chi connectivity index (χ0v) is 42.4. The molecule has 3 aliphatic rings. The molecule has 0 bridgehead atoms. The van der Waals surface area contributed by atoms with Gasteiger partial charge >= 0.3 is 0 Å². The predicted octanol–water partition coefficient (Wildman–Crippen LogP) is 7.97. The van der Waals surface area contributed by atoms with E-state index in [1.807, 2.05) is 85.2 Å². The summed E-state index contributed by atoms with van der Waals surface area (Å²) in [5.74, 6) is -0.772. The molecule has 1 saturated carbocycles. The first-order chi connectivity index (χ1) is 32.6. The molecule has 3 aromatic carbocycles. The molecule has 3 atom stereocenters. The molecule has 3 heterocycles. The van der Waals surface area contributed by atoms with Gasteiger partial charge in [0.05, 0.1) is 32.8 Å². The molecule has 366 valence electrons. The van der Waals surface area contributed by atoms with Crippen molar-refractivity contribution < 1.29 is 33.8 Å². The number of aliphatic hydroxyl groups is 1. The minimum atomic E-state index is -0.909. The van der Waals surface area contributed by atoms with Crippen molar-refractivity contribution >= 4 is 52.5 Å². The number of hydrogen-bond donors (Lipinski definition) is 4. The number of nitrogens with one attached hydrogen (secondary N) is 3. The van der Waals surface area contributed by atoms with E-state index in [4.69, 9.17) is 16.3 Å². The largest absolute Gasteiger partial charge is 0.489 e. The Morgan fingerprint density at radius 2 is 1.71 bits per heavy atom. The Morgan fingerprint density at radius 1 is 1.00 bits per heavy atom. The van der Waals surface area contributed by atoms with Crippen LogP contribution in [0.3, 0.4) is 0 Å². The number of carbonyl (C=O) groups excluding carboxylic acids is 5. The van der Waals surface area contributed by atoms with Crippen LogP contribution in [0.15, 0.2) is 66.2 Å². The number of thiazole rings is 1. The van der Waals surface area contributed by atoms with Crippen LogP contribution in [0, 0.1) is 34.5 Å². The number of halogens is 1. The van der Waals surface area contributed by atoms with E-state index in [1.165, 1.54) is 4.90 Å². The molecule has 0 radical (unpaired) electrons. The van der Waals surface area contributed by atoms with E-state index in [9.17, 15) is 34.3 Å². The van der Waals surface area contributed by atoms with E-state index in [2.05, 4.69) is 27.0 Å². The van der Waals surface area contributed by atoms with Crippen LogP contribution in [0.1, 0.15) is 130 Å². The van der Waals surface area contributed by atoms with E-state index in [-0.39, 0.29) is 61.7 Å². The fraction of sp³-hybridized carbons (Fsp3) is 0.491. The quantitative estimate of drug-likeness (QED) is 0.0760. The summed E-state index contributed by atoms with van der Waals surface area (Å²) in [4.78, 5) is 76.5. The summed E-state index contributed by atoms with van der Waals surface area (Å²) >= 11 is 7.83. The first-order valence-electron chi connectivity index (χ1n) is 23.7. The number of ether oxygens (including phenoxy) is 1. The summed E-state index contributed by atoms with van der Waals surface area (Å²) in [5, 5.41) is 29.3. The Bertz CT molecular complexity index is 2620. The molecule has 0 unspecified atom stereocenters. The number of aliphatic hydroxyl groups excluding tert-OH is 1. The monoisotopic (exact) mass is 977 g/mol. The highest BCUT2D eigenvalue weighted by Crippen LogP contribution is 2.55. The minimum Gasteiger partial charge on any atom is -0.489 e. The van der Waals surface area contributed by atoms with E-state index in [0.29, 0.717) is 47.0 Å². The standard InChI is InChI=1S/C53H64ClN7O7S/c1-31-43(69-30-57-31)33-16-14-32(15-17-33)27-56-46(65)41-24-37(62)29-61(41)48(67)44(51(2,3)4)58-42(63)13-11-9-10-12-22-60-28-36-23-34(19-21-39(36)47(60)66)45(64)59-49-52(5,6)50(53(49,7)8)68-38-20-18-35(26-55)40(54)25-38/h14-21,23,25,30,37,41,44,49-50,62H,9-13,22,24,27-29H2,1-8H3,(H,56,65)(H,58,63)(H,59,64)/t37-,41+,44-,49?,50?/m1/s1. The van der Waals surface area contributed by atoms with Gasteiger partial charge < -0.3 is 35.6 Å². The van der Waals surface area contributed by atoms with Gasteiger partial charge in [-0.3, -0.25) is 24.0 Å². The van der Waals surface area contributed by atoms with Crippen molar-refractivity contribution in [3.05, 3.63) is 105 Å². The van der Waals surface area contributed by atoms with E-state index >= 15 is 0 Å². The number of benzene rings is 3. The Balaban J connectivity index is 0.839. The van der Waals surface area contributed by atoms with Crippen LogP contribution < -0.4 is 20.7 Å². The van der Waals surface area contributed by atoms with Crippen LogP contribution >= 0.6 is 22.9 Å². The number of aryl methyl sites for hydroxylation is 1. The van der Waals surface area contributed by atoms with E-state index < -0.39 is 40.3 Å². The summed E-state index contributed by atoms with van der Waals surface area (Å²) < 4.78 is 6.38. The Kier molecular flexibility index (Phi) is 15.3. The predicted molar refractivity (Wildman–Crippen MR) is 265 cm³/mol. The van der Waals surface area contributed by atoms with Crippen LogP contribution in [-0.4, -0.2) is 92.8 Å². The number of nitrogens with zero attached hydrogens (tertiary/aromatic N) is 4.